The Balaban J connectivity index is 2.14. The maximum Gasteiger partial charge on any atom is 0.260 e. The minimum absolute atomic E-state index is 0.0615. The summed E-state index contributed by atoms with van der Waals surface area (Å²) in [5.74, 6) is 0.135. The number of carbonyl (C=O) groups is 1. The van der Waals surface area contributed by atoms with Crippen molar-refractivity contribution in [1.29, 1.82) is 0 Å². The lowest BCUT2D eigenvalue weighted by molar-refractivity contribution is 0.0817. The van der Waals surface area contributed by atoms with E-state index < -0.39 is 0 Å². The second kappa shape index (κ2) is 4.56. The molecule has 3 rings (SSSR count). The molecule has 0 aliphatic carbocycles. The zero-order valence-electron chi connectivity index (χ0n) is 11.2. The van der Waals surface area contributed by atoms with Crippen LogP contribution in [0, 0.1) is 4.91 Å². The quantitative estimate of drug-likeness (QED) is 0.776. The van der Waals surface area contributed by atoms with Gasteiger partial charge in [-0.2, -0.15) is 0 Å². The van der Waals surface area contributed by atoms with E-state index in [1.165, 1.54) is 19.2 Å². The van der Waals surface area contributed by atoms with Crippen LogP contribution in [0.25, 0.3) is 0 Å². The molecule has 0 bridgehead atoms. The molecule has 0 saturated carbocycles. The Morgan fingerprint density at radius 3 is 2.95 bits per heavy atom. The number of aliphatic imine (C=N–C) groups is 1. The van der Waals surface area contributed by atoms with Crippen molar-refractivity contribution in [2.24, 2.45) is 10.2 Å². The molecule has 1 amide bonds. The van der Waals surface area contributed by atoms with Crippen LogP contribution in [0.1, 0.15) is 23.7 Å². The predicted octanol–water partition coefficient (Wildman–Crippen LogP) is 2.93. The lowest BCUT2D eigenvalue weighted by Crippen LogP contribution is -2.32. The molecule has 2 aliphatic rings. The van der Waals surface area contributed by atoms with E-state index in [0.29, 0.717) is 11.3 Å². The monoisotopic (exact) mass is 271 g/mol. The van der Waals surface area contributed by atoms with Crippen LogP contribution in [0.4, 0.5) is 11.4 Å². The molecule has 6 nitrogen and oxygen atoms in total. The van der Waals surface area contributed by atoms with Gasteiger partial charge in [-0.05, 0) is 30.7 Å². The molecule has 20 heavy (non-hydrogen) atoms. The van der Waals surface area contributed by atoms with Crippen molar-refractivity contribution in [3.8, 4) is 5.75 Å². The van der Waals surface area contributed by atoms with Gasteiger partial charge in [0.2, 0.25) is 0 Å². The third kappa shape index (κ3) is 1.80. The first-order valence-corrected chi connectivity index (χ1v) is 6.23. The van der Waals surface area contributed by atoms with Crippen molar-refractivity contribution in [1.82, 2.24) is 4.90 Å². The van der Waals surface area contributed by atoms with Gasteiger partial charge in [-0.25, -0.2) is 0 Å². The number of ether oxygens (including phenoxy) is 1. The zero-order valence-corrected chi connectivity index (χ0v) is 11.2. The molecule has 2 aliphatic heterocycles. The van der Waals surface area contributed by atoms with E-state index in [2.05, 4.69) is 10.2 Å². The first kappa shape index (κ1) is 12.5. The number of nitroso groups, excluding NO2 is 1. The number of methoxy groups -OCH3 is 1. The third-order valence-corrected chi connectivity index (χ3v) is 3.49. The molecule has 0 radical (unpaired) electrons. The van der Waals surface area contributed by atoms with Gasteiger partial charge in [0.25, 0.3) is 5.91 Å². The van der Waals surface area contributed by atoms with Crippen molar-refractivity contribution >= 4 is 23.5 Å². The molecule has 0 unspecified atom stereocenters. The summed E-state index contributed by atoms with van der Waals surface area (Å²) in [7, 11) is 1.43. The van der Waals surface area contributed by atoms with Crippen LogP contribution in [-0.4, -0.2) is 30.2 Å². The Morgan fingerprint density at radius 2 is 2.25 bits per heavy atom. The Morgan fingerprint density at radius 1 is 1.45 bits per heavy atom. The Kier molecular flexibility index (Phi) is 2.85. The minimum Gasteiger partial charge on any atom is -0.494 e. The van der Waals surface area contributed by atoms with Crippen LogP contribution >= 0.6 is 0 Å². The topological polar surface area (TPSA) is 71.3 Å². The highest BCUT2D eigenvalue weighted by atomic mass is 16.5. The third-order valence-electron chi connectivity index (χ3n) is 3.49. The first-order chi connectivity index (χ1) is 9.63. The van der Waals surface area contributed by atoms with Crippen molar-refractivity contribution in [3.63, 3.8) is 0 Å². The number of nitrogens with zero attached hydrogens (tertiary/aromatic N) is 3. The Labute approximate surface area is 115 Å². The summed E-state index contributed by atoms with van der Waals surface area (Å²) in [4.78, 5) is 29.3. The number of benzene rings is 1. The zero-order chi connectivity index (χ0) is 14.3. The summed E-state index contributed by atoms with van der Waals surface area (Å²) in [6.45, 7) is 1.98. The number of hydrogen-bond acceptors (Lipinski definition) is 5. The SMILES string of the molecule is COc1cc2c(cc1N=O)N=C[C@@H]1CC(C)=CN1C2=O. The summed E-state index contributed by atoms with van der Waals surface area (Å²) in [6.07, 6.45) is 4.35. The highest BCUT2D eigenvalue weighted by molar-refractivity contribution is 6.04. The van der Waals surface area contributed by atoms with Crippen molar-refractivity contribution in [3.05, 3.63) is 34.4 Å². The molecular formula is C14H13N3O3. The van der Waals surface area contributed by atoms with Gasteiger partial charge in [0.1, 0.15) is 5.75 Å². The summed E-state index contributed by atoms with van der Waals surface area (Å²) in [5, 5.41) is 2.90. The number of hydrogen-bond donors (Lipinski definition) is 0. The van der Waals surface area contributed by atoms with Crippen LogP contribution in [0.3, 0.4) is 0 Å². The second-order valence-electron chi connectivity index (χ2n) is 4.87. The van der Waals surface area contributed by atoms with Gasteiger partial charge in [-0.3, -0.25) is 9.79 Å². The standard InChI is InChI=1S/C14H13N3O3/c1-8-3-9-6-15-11-5-12(16-19)13(20-2)4-10(11)14(18)17(9)7-8/h4-7,9H,3H2,1-2H3/t9-/m0/s1. The van der Waals surface area contributed by atoms with Crippen LogP contribution in [0.2, 0.25) is 0 Å². The van der Waals surface area contributed by atoms with E-state index in [4.69, 9.17) is 4.74 Å². The highest BCUT2D eigenvalue weighted by Crippen LogP contribution is 2.38. The van der Waals surface area contributed by atoms with Crippen LogP contribution in [0.5, 0.6) is 5.75 Å². The minimum atomic E-state index is -0.143. The fourth-order valence-corrected chi connectivity index (χ4v) is 2.52. The summed E-state index contributed by atoms with van der Waals surface area (Å²) in [5.41, 5.74) is 2.14. The largest absolute Gasteiger partial charge is 0.494 e. The van der Waals surface area contributed by atoms with E-state index >= 15 is 0 Å². The fourth-order valence-electron chi connectivity index (χ4n) is 2.52. The molecule has 0 N–H and O–H groups in total. The molecule has 0 aromatic heterocycles. The Hall–Kier alpha value is -2.50. The summed E-state index contributed by atoms with van der Waals surface area (Å²) < 4.78 is 5.09. The number of rotatable bonds is 2. The number of carbonyl (C=O) groups excluding carboxylic acids is 1. The first-order valence-electron chi connectivity index (χ1n) is 6.23. The van der Waals surface area contributed by atoms with Crippen LogP contribution in [-0.2, 0) is 0 Å². The van der Waals surface area contributed by atoms with Gasteiger partial charge in [-0.15, -0.1) is 4.91 Å². The molecule has 1 aromatic carbocycles. The van der Waals surface area contributed by atoms with Gasteiger partial charge in [0, 0.05) is 12.4 Å². The average Bonchev–Trinajstić information content (AvgIpc) is 2.79. The molecule has 6 heteroatoms. The Bertz CT molecular complexity index is 664. The van der Waals surface area contributed by atoms with Gasteiger partial charge in [0.15, 0.2) is 5.69 Å². The summed E-state index contributed by atoms with van der Waals surface area (Å²) in [6, 6.07) is 2.94. The second-order valence-corrected chi connectivity index (χ2v) is 4.87. The lowest BCUT2D eigenvalue weighted by Gasteiger charge is -2.18. The molecule has 2 heterocycles. The van der Waals surface area contributed by atoms with Gasteiger partial charge >= 0.3 is 0 Å². The van der Waals surface area contributed by atoms with E-state index in [0.717, 1.165) is 12.0 Å². The fraction of sp³-hybridized carbons (Fsp3) is 0.286. The van der Waals surface area contributed by atoms with Gasteiger partial charge in [0.05, 0.1) is 24.4 Å². The molecule has 0 spiro atoms. The van der Waals surface area contributed by atoms with E-state index in [1.807, 2.05) is 13.1 Å². The smallest absolute Gasteiger partial charge is 0.260 e. The molecule has 0 saturated heterocycles. The molecule has 1 atom stereocenters. The van der Waals surface area contributed by atoms with Crippen LogP contribution < -0.4 is 4.74 Å². The average molecular weight is 271 g/mol. The van der Waals surface area contributed by atoms with Crippen molar-refractivity contribution in [2.45, 2.75) is 19.4 Å². The lowest BCUT2D eigenvalue weighted by atomic mass is 10.1. The maximum atomic E-state index is 12.6. The van der Waals surface area contributed by atoms with Gasteiger partial charge in [-0.1, -0.05) is 5.57 Å². The highest BCUT2D eigenvalue weighted by Gasteiger charge is 2.31. The predicted molar refractivity (Wildman–Crippen MR) is 74.9 cm³/mol. The molecular weight excluding hydrogens is 258 g/mol. The van der Waals surface area contributed by atoms with E-state index in [-0.39, 0.29) is 23.4 Å². The maximum absolute atomic E-state index is 12.6. The van der Waals surface area contributed by atoms with Crippen molar-refractivity contribution in [2.75, 3.05) is 7.11 Å². The van der Waals surface area contributed by atoms with E-state index in [9.17, 15) is 9.70 Å². The van der Waals surface area contributed by atoms with E-state index in [1.54, 1.807) is 11.1 Å². The molecule has 1 aromatic rings. The number of amides is 1. The normalized spacial score (nSPS) is 20.1. The summed E-state index contributed by atoms with van der Waals surface area (Å²) >= 11 is 0. The van der Waals surface area contributed by atoms with Crippen LogP contribution in [0.15, 0.2) is 34.1 Å². The van der Waals surface area contributed by atoms with Gasteiger partial charge < -0.3 is 9.64 Å². The van der Waals surface area contributed by atoms with Crippen molar-refractivity contribution < 1.29 is 9.53 Å². The number of fused-ring (bicyclic) bond motifs is 2. The molecule has 102 valence electrons. The molecule has 0 fully saturated rings.